The first kappa shape index (κ1) is 25.2. The zero-order valence-corrected chi connectivity index (χ0v) is 21.0. The largest absolute Gasteiger partial charge is 0.496 e. The number of nitrogen functional groups attached to an aromatic ring is 1. The number of methoxy groups -OCH3 is 1. The van der Waals surface area contributed by atoms with Gasteiger partial charge in [-0.05, 0) is 60.9 Å². The van der Waals surface area contributed by atoms with Gasteiger partial charge >= 0.3 is 0 Å². The molecule has 0 saturated heterocycles. The predicted molar refractivity (Wildman–Crippen MR) is 141 cm³/mol. The van der Waals surface area contributed by atoms with Crippen LogP contribution in [0, 0.1) is 11.7 Å². The van der Waals surface area contributed by atoms with Gasteiger partial charge in [0.15, 0.2) is 11.6 Å². The Balaban J connectivity index is 1.90. The molecular formula is C30H30FNO4. The SMILES string of the molecule is CCC(=O)c1c(-c2ccc(F)cc2)oc2cc(N)c(-c3cc(C(=O)CCC(C)C)ccc3OC)cc12. The van der Waals surface area contributed by atoms with Crippen molar-refractivity contribution in [2.75, 3.05) is 12.8 Å². The van der Waals surface area contributed by atoms with Crippen LogP contribution in [0.5, 0.6) is 5.75 Å². The molecule has 1 heterocycles. The molecule has 0 amide bonds. The van der Waals surface area contributed by atoms with Gasteiger partial charge < -0.3 is 14.9 Å². The zero-order chi connectivity index (χ0) is 26.0. The van der Waals surface area contributed by atoms with Crippen molar-refractivity contribution in [3.8, 4) is 28.2 Å². The number of anilines is 1. The first-order valence-electron chi connectivity index (χ1n) is 12.1. The van der Waals surface area contributed by atoms with E-state index in [2.05, 4.69) is 13.8 Å². The molecule has 3 aromatic carbocycles. The molecule has 0 atom stereocenters. The fourth-order valence-electron chi connectivity index (χ4n) is 4.31. The number of hydrogen-bond acceptors (Lipinski definition) is 5. The number of rotatable bonds is 9. The second-order valence-electron chi connectivity index (χ2n) is 9.30. The molecule has 0 aliphatic carbocycles. The Bertz CT molecular complexity index is 1430. The molecule has 0 radical (unpaired) electrons. The van der Waals surface area contributed by atoms with Crippen molar-refractivity contribution in [2.24, 2.45) is 5.92 Å². The van der Waals surface area contributed by atoms with Gasteiger partial charge in [0.05, 0.1) is 12.7 Å². The van der Waals surface area contributed by atoms with E-state index in [1.54, 1.807) is 50.4 Å². The quantitative estimate of drug-likeness (QED) is 0.193. The van der Waals surface area contributed by atoms with Crippen LogP contribution in [0.1, 0.15) is 60.7 Å². The number of furan rings is 1. The van der Waals surface area contributed by atoms with Gasteiger partial charge in [0.25, 0.3) is 0 Å². The minimum absolute atomic E-state index is 0.0519. The fraction of sp³-hybridized carbons (Fsp3) is 0.267. The summed E-state index contributed by atoms with van der Waals surface area (Å²) >= 11 is 0. The van der Waals surface area contributed by atoms with Crippen LogP contribution in [-0.2, 0) is 0 Å². The number of ether oxygens (including phenoxy) is 1. The van der Waals surface area contributed by atoms with Gasteiger partial charge in [-0.1, -0.05) is 20.8 Å². The zero-order valence-electron chi connectivity index (χ0n) is 21.0. The van der Waals surface area contributed by atoms with E-state index in [4.69, 9.17) is 14.9 Å². The van der Waals surface area contributed by atoms with Crippen molar-refractivity contribution < 1.29 is 23.1 Å². The standard InChI is InChI=1S/C30H30FNO4/c1-5-25(33)29-23-15-21(22-14-19(9-13-27(22)35-4)26(34)12-6-17(2)3)24(32)16-28(23)36-30(29)18-7-10-20(31)11-8-18/h7-11,13-17H,5-6,12,32H2,1-4H3. The predicted octanol–water partition coefficient (Wildman–Crippen LogP) is 7.71. The molecule has 0 aliphatic rings. The Labute approximate surface area is 210 Å². The third-order valence-electron chi connectivity index (χ3n) is 6.33. The third-order valence-corrected chi connectivity index (χ3v) is 6.33. The lowest BCUT2D eigenvalue weighted by molar-refractivity contribution is 0.0972. The highest BCUT2D eigenvalue weighted by Gasteiger charge is 2.23. The Morgan fingerprint density at radius 2 is 1.72 bits per heavy atom. The molecule has 6 heteroatoms. The molecule has 4 aromatic rings. The highest BCUT2D eigenvalue weighted by molar-refractivity contribution is 6.13. The van der Waals surface area contributed by atoms with Gasteiger partial charge in [0, 0.05) is 52.2 Å². The Morgan fingerprint density at radius 3 is 2.36 bits per heavy atom. The number of fused-ring (bicyclic) bond motifs is 1. The second kappa shape index (κ2) is 10.4. The van der Waals surface area contributed by atoms with E-state index in [1.165, 1.54) is 12.1 Å². The van der Waals surface area contributed by atoms with Gasteiger partial charge in [-0.15, -0.1) is 0 Å². The number of ketones is 2. The molecule has 2 N–H and O–H groups in total. The highest BCUT2D eigenvalue weighted by atomic mass is 19.1. The number of halogens is 1. The maximum atomic E-state index is 13.5. The monoisotopic (exact) mass is 487 g/mol. The maximum Gasteiger partial charge on any atom is 0.167 e. The number of carbonyl (C=O) groups is 2. The molecule has 1 aromatic heterocycles. The van der Waals surface area contributed by atoms with Crippen LogP contribution in [0.2, 0.25) is 0 Å². The van der Waals surface area contributed by atoms with Crippen molar-refractivity contribution in [1.82, 2.24) is 0 Å². The topological polar surface area (TPSA) is 82.5 Å². The van der Waals surface area contributed by atoms with E-state index in [0.29, 0.717) is 68.3 Å². The number of Topliss-reactive ketones (excluding diaryl/α,β-unsaturated/α-hetero) is 2. The summed E-state index contributed by atoms with van der Waals surface area (Å²) in [6, 6.07) is 14.6. The Morgan fingerprint density at radius 1 is 1.00 bits per heavy atom. The Kier molecular flexibility index (Phi) is 7.25. The molecule has 0 bridgehead atoms. The molecular weight excluding hydrogens is 457 g/mol. The van der Waals surface area contributed by atoms with E-state index in [1.807, 2.05) is 6.07 Å². The summed E-state index contributed by atoms with van der Waals surface area (Å²) in [5, 5.41) is 0.601. The fourth-order valence-corrected chi connectivity index (χ4v) is 4.31. The third kappa shape index (κ3) is 4.89. The molecule has 0 saturated carbocycles. The lowest BCUT2D eigenvalue weighted by Crippen LogP contribution is -2.03. The van der Waals surface area contributed by atoms with Crippen LogP contribution < -0.4 is 10.5 Å². The normalized spacial score (nSPS) is 11.3. The molecule has 5 nitrogen and oxygen atoms in total. The lowest BCUT2D eigenvalue weighted by atomic mass is 9.94. The van der Waals surface area contributed by atoms with Crippen LogP contribution in [-0.4, -0.2) is 18.7 Å². The maximum absolute atomic E-state index is 13.5. The molecule has 36 heavy (non-hydrogen) atoms. The van der Waals surface area contributed by atoms with Crippen molar-refractivity contribution in [3.63, 3.8) is 0 Å². The summed E-state index contributed by atoms with van der Waals surface area (Å²) in [5.74, 6) is 0.935. The minimum Gasteiger partial charge on any atom is -0.496 e. The van der Waals surface area contributed by atoms with Crippen molar-refractivity contribution in [2.45, 2.75) is 40.0 Å². The first-order chi connectivity index (χ1) is 17.2. The lowest BCUT2D eigenvalue weighted by Gasteiger charge is -2.13. The van der Waals surface area contributed by atoms with Crippen molar-refractivity contribution in [3.05, 3.63) is 71.5 Å². The van der Waals surface area contributed by atoms with Gasteiger partial charge in [-0.2, -0.15) is 0 Å². The van der Waals surface area contributed by atoms with Crippen LogP contribution in [0.15, 0.2) is 59.0 Å². The molecule has 4 rings (SSSR count). The average Bonchev–Trinajstić information content (AvgIpc) is 3.24. The summed E-state index contributed by atoms with van der Waals surface area (Å²) in [6.45, 7) is 5.95. The number of nitrogens with two attached hydrogens (primary N) is 1. The molecule has 0 fully saturated rings. The van der Waals surface area contributed by atoms with Crippen LogP contribution >= 0.6 is 0 Å². The van der Waals surface area contributed by atoms with Crippen molar-refractivity contribution in [1.29, 1.82) is 0 Å². The summed E-state index contributed by atoms with van der Waals surface area (Å²) in [7, 11) is 1.56. The van der Waals surface area contributed by atoms with Gasteiger partial charge in [-0.3, -0.25) is 9.59 Å². The van der Waals surface area contributed by atoms with E-state index < -0.39 is 0 Å². The van der Waals surface area contributed by atoms with Crippen molar-refractivity contribution >= 4 is 28.2 Å². The molecule has 0 unspecified atom stereocenters. The molecule has 0 spiro atoms. The highest BCUT2D eigenvalue weighted by Crippen LogP contribution is 2.42. The number of benzene rings is 3. The first-order valence-corrected chi connectivity index (χ1v) is 12.1. The summed E-state index contributed by atoms with van der Waals surface area (Å²) < 4.78 is 25.2. The van der Waals surface area contributed by atoms with E-state index >= 15 is 0 Å². The molecule has 0 aliphatic heterocycles. The Hall–Kier alpha value is -3.93. The van der Waals surface area contributed by atoms with Gasteiger partial charge in [0.1, 0.15) is 22.9 Å². The average molecular weight is 488 g/mol. The van der Waals surface area contributed by atoms with E-state index in [-0.39, 0.29) is 23.8 Å². The van der Waals surface area contributed by atoms with Crippen LogP contribution in [0.3, 0.4) is 0 Å². The minimum atomic E-state index is -0.375. The molecule has 186 valence electrons. The van der Waals surface area contributed by atoms with E-state index in [0.717, 1.165) is 6.42 Å². The van der Waals surface area contributed by atoms with Crippen LogP contribution in [0.4, 0.5) is 10.1 Å². The summed E-state index contributed by atoms with van der Waals surface area (Å²) in [4.78, 5) is 25.9. The summed E-state index contributed by atoms with van der Waals surface area (Å²) in [6.07, 6.45) is 1.53. The second-order valence-corrected chi connectivity index (χ2v) is 9.30. The van der Waals surface area contributed by atoms with Crippen LogP contribution in [0.25, 0.3) is 33.4 Å². The van der Waals surface area contributed by atoms with Gasteiger partial charge in [-0.25, -0.2) is 4.39 Å². The number of hydrogen-bond donors (Lipinski definition) is 1. The van der Waals surface area contributed by atoms with Gasteiger partial charge in [0.2, 0.25) is 0 Å². The summed E-state index contributed by atoms with van der Waals surface area (Å²) in [5.41, 5.74) is 10.2. The van der Waals surface area contributed by atoms with E-state index in [9.17, 15) is 14.0 Å². The smallest absolute Gasteiger partial charge is 0.167 e. The number of carbonyl (C=O) groups excluding carboxylic acids is 2.